The van der Waals surface area contributed by atoms with Gasteiger partial charge in [0.1, 0.15) is 6.04 Å². The van der Waals surface area contributed by atoms with Gasteiger partial charge in [0, 0.05) is 5.02 Å². The summed E-state index contributed by atoms with van der Waals surface area (Å²) in [6.45, 7) is 0. The molecule has 0 aromatic heterocycles. The van der Waals surface area contributed by atoms with Crippen molar-refractivity contribution >= 4 is 11.6 Å². The van der Waals surface area contributed by atoms with Gasteiger partial charge in [-0.3, -0.25) is 0 Å². The van der Waals surface area contributed by atoms with E-state index in [4.69, 9.17) is 17.3 Å². The summed E-state index contributed by atoms with van der Waals surface area (Å²) in [7, 11) is 0. The molecule has 0 radical (unpaired) electrons. The summed E-state index contributed by atoms with van der Waals surface area (Å²) >= 11 is 5.52. The molecule has 0 saturated heterocycles. The van der Waals surface area contributed by atoms with E-state index < -0.39 is 12.2 Å². The third kappa shape index (κ3) is 2.60. The molecule has 2 N–H and O–H groups in total. The molecular weight excluding hydrogens is 203 g/mol. The first-order chi connectivity index (χ1) is 5.91. The molecule has 0 amide bonds. The number of rotatable bonds is 1. The van der Waals surface area contributed by atoms with E-state index in [1.54, 1.807) is 0 Å². The van der Waals surface area contributed by atoms with E-state index in [2.05, 4.69) is 0 Å². The lowest BCUT2D eigenvalue weighted by atomic mass is 10.1. The number of hydrogen-bond donors (Lipinski definition) is 1. The molecule has 1 aromatic carbocycles. The Hall–Kier alpha value is -0.740. The van der Waals surface area contributed by atoms with Crippen molar-refractivity contribution in [2.45, 2.75) is 12.2 Å². The Morgan fingerprint density at radius 1 is 1.31 bits per heavy atom. The van der Waals surface area contributed by atoms with E-state index in [1.807, 2.05) is 0 Å². The Bertz CT molecular complexity index is 298. The third-order valence-corrected chi connectivity index (χ3v) is 1.80. The highest BCUT2D eigenvalue weighted by Gasteiger charge is 2.37. The van der Waals surface area contributed by atoms with Crippen LogP contribution in [0.1, 0.15) is 11.6 Å². The maximum absolute atomic E-state index is 12.1. The number of alkyl halides is 3. The SMILES string of the molecule is N[C@H](c1cccc(Cl)c1)C(F)(F)F. The second-order valence-electron chi connectivity index (χ2n) is 2.57. The molecule has 0 saturated carbocycles. The van der Waals surface area contributed by atoms with Crippen molar-refractivity contribution in [1.82, 2.24) is 0 Å². The lowest BCUT2D eigenvalue weighted by Gasteiger charge is -2.15. The van der Waals surface area contributed by atoms with Crippen molar-refractivity contribution < 1.29 is 13.2 Å². The summed E-state index contributed by atoms with van der Waals surface area (Å²) in [5.74, 6) is 0. The molecule has 1 nitrogen and oxygen atoms in total. The number of nitrogens with two attached hydrogens (primary N) is 1. The molecule has 1 atom stereocenters. The molecule has 0 fully saturated rings. The Morgan fingerprint density at radius 3 is 2.38 bits per heavy atom. The minimum atomic E-state index is -4.43. The summed E-state index contributed by atoms with van der Waals surface area (Å²) in [6.07, 6.45) is -4.43. The second-order valence-corrected chi connectivity index (χ2v) is 3.01. The molecule has 0 bridgehead atoms. The molecule has 72 valence electrons. The monoisotopic (exact) mass is 209 g/mol. The zero-order chi connectivity index (χ0) is 10.1. The van der Waals surface area contributed by atoms with Crippen LogP contribution in [0.15, 0.2) is 24.3 Å². The number of benzene rings is 1. The van der Waals surface area contributed by atoms with Gasteiger partial charge in [-0.15, -0.1) is 0 Å². The zero-order valence-corrected chi connectivity index (χ0v) is 7.23. The lowest BCUT2D eigenvalue weighted by Crippen LogP contribution is -2.28. The first-order valence-electron chi connectivity index (χ1n) is 3.49. The molecule has 1 aromatic rings. The van der Waals surface area contributed by atoms with Gasteiger partial charge < -0.3 is 5.73 Å². The zero-order valence-electron chi connectivity index (χ0n) is 6.48. The highest BCUT2D eigenvalue weighted by molar-refractivity contribution is 6.30. The van der Waals surface area contributed by atoms with Crippen molar-refractivity contribution in [2.75, 3.05) is 0 Å². The van der Waals surface area contributed by atoms with E-state index in [0.717, 1.165) is 0 Å². The van der Waals surface area contributed by atoms with Gasteiger partial charge in [-0.2, -0.15) is 13.2 Å². The van der Waals surface area contributed by atoms with Crippen LogP contribution in [-0.2, 0) is 0 Å². The summed E-state index contributed by atoms with van der Waals surface area (Å²) < 4.78 is 36.3. The fraction of sp³-hybridized carbons (Fsp3) is 0.250. The highest BCUT2D eigenvalue weighted by Crippen LogP contribution is 2.31. The number of halogens is 4. The fourth-order valence-corrected chi connectivity index (χ4v) is 1.09. The molecule has 13 heavy (non-hydrogen) atoms. The van der Waals surface area contributed by atoms with Gasteiger partial charge in [0.15, 0.2) is 0 Å². The maximum atomic E-state index is 12.1. The predicted octanol–water partition coefficient (Wildman–Crippen LogP) is 2.90. The number of hydrogen-bond acceptors (Lipinski definition) is 1. The highest BCUT2D eigenvalue weighted by atomic mass is 35.5. The van der Waals surface area contributed by atoms with E-state index in [0.29, 0.717) is 0 Å². The summed E-state index contributed by atoms with van der Waals surface area (Å²) in [6, 6.07) is 3.47. The van der Waals surface area contributed by atoms with Crippen molar-refractivity contribution in [2.24, 2.45) is 5.73 Å². The molecule has 0 spiro atoms. The van der Waals surface area contributed by atoms with E-state index in [1.165, 1.54) is 24.3 Å². The van der Waals surface area contributed by atoms with Gasteiger partial charge in [0.05, 0.1) is 0 Å². The molecule has 0 heterocycles. The standard InChI is InChI=1S/C8H7ClF3N/c9-6-3-1-2-5(4-6)7(13)8(10,11)12/h1-4,7H,13H2/t7-/m1/s1. The van der Waals surface area contributed by atoms with Crippen LogP contribution in [0.5, 0.6) is 0 Å². The van der Waals surface area contributed by atoms with Crippen LogP contribution >= 0.6 is 11.6 Å². The Balaban J connectivity index is 2.96. The third-order valence-electron chi connectivity index (χ3n) is 1.56. The normalized spacial score (nSPS) is 14.2. The topological polar surface area (TPSA) is 26.0 Å². The summed E-state index contributed by atoms with van der Waals surface area (Å²) in [5.41, 5.74) is 4.93. The van der Waals surface area contributed by atoms with Crippen molar-refractivity contribution in [1.29, 1.82) is 0 Å². The largest absolute Gasteiger partial charge is 0.407 e. The van der Waals surface area contributed by atoms with Gasteiger partial charge in [0.25, 0.3) is 0 Å². The summed E-state index contributed by atoms with van der Waals surface area (Å²) in [4.78, 5) is 0. The average Bonchev–Trinajstić information content (AvgIpc) is 2.01. The maximum Gasteiger partial charge on any atom is 0.407 e. The van der Waals surface area contributed by atoms with E-state index >= 15 is 0 Å². The van der Waals surface area contributed by atoms with Gasteiger partial charge in [-0.1, -0.05) is 23.7 Å². The van der Waals surface area contributed by atoms with Crippen molar-refractivity contribution in [3.05, 3.63) is 34.9 Å². The molecule has 1 rings (SSSR count). The molecule has 5 heteroatoms. The quantitative estimate of drug-likeness (QED) is 0.756. The fourth-order valence-electron chi connectivity index (χ4n) is 0.889. The average molecular weight is 210 g/mol. The Kier molecular flexibility index (Phi) is 2.83. The van der Waals surface area contributed by atoms with Crippen LogP contribution in [0.3, 0.4) is 0 Å². The first-order valence-corrected chi connectivity index (χ1v) is 3.87. The molecule has 0 aliphatic heterocycles. The Labute approximate surface area is 78.3 Å². The molecular formula is C8H7ClF3N. The predicted molar refractivity (Wildman–Crippen MR) is 44.4 cm³/mol. The van der Waals surface area contributed by atoms with E-state index in [-0.39, 0.29) is 10.6 Å². The van der Waals surface area contributed by atoms with Crippen molar-refractivity contribution in [3.8, 4) is 0 Å². The second kappa shape index (κ2) is 3.55. The minimum Gasteiger partial charge on any atom is -0.316 e. The smallest absolute Gasteiger partial charge is 0.316 e. The van der Waals surface area contributed by atoms with Crippen molar-refractivity contribution in [3.63, 3.8) is 0 Å². The van der Waals surface area contributed by atoms with Gasteiger partial charge >= 0.3 is 6.18 Å². The lowest BCUT2D eigenvalue weighted by molar-refractivity contribution is -0.149. The molecule has 0 aliphatic carbocycles. The van der Waals surface area contributed by atoms with Gasteiger partial charge in [0.2, 0.25) is 0 Å². The van der Waals surface area contributed by atoms with Crippen LogP contribution in [-0.4, -0.2) is 6.18 Å². The van der Waals surface area contributed by atoms with Crippen LogP contribution < -0.4 is 5.73 Å². The molecule has 0 aliphatic rings. The first kappa shape index (κ1) is 10.3. The van der Waals surface area contributed by atoms with Crippen LogP contribution in [0.25, 0.3) is 0 Å². The molecule has 0 unspecified atom stereocenters. The van der Waals surface area contributed by atoms with Gasteiger partial charge in [-0.05, 0) is 17.7 Å². The van der Waals surface area contributed by atoms with Gasteiger partial charge in [-0.25, -0.2) is 0 Å². The Morgan fingerprint density at radius 2 is 1.92 bits per heavy atom. The minimum absolute atomic E-state index is 0.0278. The summed E-state index contributed by atoms with van der Waals surface area (Å²) in [5, 5.41) is 0.247. The van der Waals surface area contributed by atoms with Crippen LogP contribution in [0, 0.1) is 0 Å². The van der Waals surface area contributed by atoms with Crippen LogP contribution in [0.4, 0.5) is 13.2 Å². The van der Waals surface area contributed by atoms with E-state index in [9.17, 15) is 13.2 Å². The van der Waals surface area contributed by atoms with Crippen LogP contribution in [0.2, 0.25) is 5.02 Å².